The fraction of sp³-hybridized carbons (Fsp3) is 0.333. The van der Waals surface area contributed by atoms with Gasteiger partial charge in [0.1, 0.15) is 5.69 Å². The molecular weight excluding hydrogens is 268 g/mol. The maximum atomic E-state index is 12.3. The highest BCUT2D eigenvalue weighted by Gasteiger charge is 2.17. The van der Waals surface area contributed by atoms with Gasteiger partial charge < -0.3 is 9.64 Å². The molecule has 0 aliphatic rings. The summed E-state index contributed by atoms with van der Waals surface area (Å²) in [6.07, 6.45) is 0. The lowest BCUT2D eigenvalue weighted by Gasteiger charge is -2.20. The Hall–Kier alpha value is -1.24. The van der Waals surface area contributed by atoms with Gasteiger partial charge >= 0.3 is 0 Å². The molecule has 0 bridgehead atoms. The first kappa shape index (κ1) is 13.2. The van der Waals surface area contributed by atoms with E-state index in [1.54, 1.807) is 34.2 Å². The van der Waals surface area contributed by atoms with Gasteiger partial charge in [0.2, 0.25) is 0 Å². The fourth-order valence-corrected chi connectivity index (χ4v) is 2.77. The molecule has 0 fully saturated rings. The Morgan fingerprint density at radius 2 is 2.44 bits per heavy atom. The predicted molar refractivity (Wildman–Crippen MR) is 73.0 cm³/mol. The molecule has 2 aromatic rings. The zero-order chi connectivity index (χ0) is 12.8. The van der Waals surface area contributed by atoms with Crippen LogP contribution in [0.3, 0.4) is 0 Å². The number of thiophene rings is 1. The van der Waals surface area contributed by atoms with Crippen molar-refractivity contribution >= 4 is 28.6 Å². The number of hydrogen-bond acceptors (Lipinski definition) is 5. The summed E-state index contributed by atoms with van der Waals surface area (Å²) in [5, 5.41) is 3.79. The summed E-state index contributed by atoms with van der Waals surface area (Å²) in [5.74, 6) is -0.0401. The minimum absolute atomic E-state index is 0.0401. The van der Waals surface area contributed by atoms with Crippen molar-refractivity contribution in [1.82, 2.24) is 9.88 Å². The Balaban J connectivity index is 2.07. The van der Waals surface area contributed by atoms with Crippen molar-refractivity contribution < 1.29 is 9.53 Å². The Bertz CT molecular complexity index is 468. The third kappa shape index (κ3) is 3.38. The van der Waals surface area contributed by atoms with E-state index >= 15 is 0 Å². The summed E-state index contributed by atoms with van der Waals surface area (Å²) < 4.78 is 5.05. The molecule has 0 aromatic carbocycles. The van der Waals surface area contributed by atoms with Crippen molar-refractivity contribution in [3.05, 3.63) is 39.0 Å². The molecule has 0 atom stereocenters. The molecule has 18 heavy (non-hydrogen) atoms. The van der Waals surface area contributed by atoms with Crippen molar-refractivity contribution in [2.75, 3.05) is 20.3 Å². The van der Waals surface area contributed by atoms with Crippen LogP contribution < -0.4 is 0 Å². The molecule has 1 amide bonds. The van der Waals surface area contributed by atoms with Crippen LogP contribution in [0.2, 0.25) is 0 Å². The molecule has 0 aliphatic carbocycles. The number of carbonyl (C=O) groups excluding carboxylic acids is 1. The molecule has 0 saturated heterocycles. The van der Waals surface area contributed by atoms with Crippen LogP contribution in [0.1, 0.15) is 15.4 Å². The van der Waals surface area contributed by atoms with E-state index in [2.05, 4.69) is 4.98 Å². The van der Waals surface area contributed by atoms with Crippen LogP contribution in [-0.2, 0) is 11.3 Å². The van der Waals surface area contributed by atoms with Crippen LogP contribution in [0.25, 0.3) is 0 Å². The zero-order valence-corrected chi connectivity index (χ0v) is 11.7. The van der Waals surface area contributed by atoms with Gasteiger partial charge in [-0.15, -0.1) is 22.7 Å². The number of rotatable bonds is 6. The van der Waals surface area contributed by atoms with Gasteiger partial charge in [0.05, 0.1) is 18.7 Å². The van der Waals surface area contributed by atoms with Gasteiger partial charge in [-0.25, -0.2) is 4.98 Å². The van der Waals surface area contributed by atoms with Gasteiger partial charge in [0.25, 0.3) is 5.91 Å². The summed E-state index contributed by atoms with van der Waals surface area (Å²) in [5.41, 5.74) is 2.18. The number of ether oxygens (including phenoxy) is 1. The van der Waals surface area contributed by atoms with Gasteiger partial charge in [-0.3, -0.25) is 4.79 Å². The third-order valence-electron chi connectivity index (χ3n) is 2.43. The van der Waals surface area contributed by atoms with E-state index in [4.69, 9.17) is 4.74 Å². The molecule has 0 saturated carbocycles. The second-order valence-electron chi connectivity index (χ2n) is 3.67. The van der Waals surface area contributed by atoms with E-state index in [9.17, 15) is 4.79 Å². The topological polar surface area (TPSA) is 42.4 Å². The molecule has 4 nitrogen and oxygen atoms in total. The van der Waals surface area contributed by atoms with Gasteiger partial charge in [0.15, 0.2) is 0 Å². The van der Waals surface area contributed by atoms with Crippen LogP contribution in [0.4, 0.5) is 0 Å². The highest BCUT2D eigenvalue weighted by atomic mass is 32.1. The second kappa shape index (κ2) is 6.63. The largest absolute Gasteiger partial charge is 0.383 e. The van der Waals surface area contributed by atoms with E-state index in [1.807, 2.05) is 17.5 Å². The summed E-state index contributed by atoms with van der Waals surface area (Å²) in [6, 6.07) is 4.01. The Morgan fingerprint density at radius 3 is 3.06 bits per heavy atom. The van der Waals surface area contributed by atoms with Gasteiger partial charge in [-0.05, 0) is 11.4 Å². The maximum Gasteiger partial charge on any atom is 0.273 e. The summed E-state index contributed by atoms with van der Waals surface area (Å²) >= 11 is 3.08. The number of methoxy groups -OCH3 is 1. The fourth-order valence-electron chi connectivity index (χ4n) is 1.52. The molecule has 2 rings (SSSR count). The summed E-state index contributed by atoms with van der Waals surface area (Å²) in [4.78, 5) is 19.3. The van der Waals surface area contributed by atoms with E-state index in [0.717, 1.165) is 4.88 Å². The minimum Gasteiger partial charge on any atom is -0.383 e. The highest BCUT2D eigenvalue weighted by Crippen LogP contribution is 2.14. The van der Waals surface area contributed by atoms with Crippen molar-refractivity contribution in [1.29, 1.82) is 0 Å². The predicted octanol–water partition coefficient (Wildman–Crippen LogP) is 2.49. The SMILES string of the molecule is COCCN(Cc1cccs1)C(=O)c1cscn1. The average molecular weight is 282 g/mol. The van der Waals surface area contributed by atoms with Crippen LogP contribution in [0, 0.1) is 0 Å². The quantitative estimate of drug-likeness (QED) is 0.817. The first-order valence-electron chi connectivity index (χ1n) is 5.50. The first-order valence-corrected chi connectivity index (χ1v) is 7.32. The molecular formula is C12H14N2O2S2. The van der Waals surface area contributed by atoms with E-state index in [0.29, 0.717) is 25.4 Å². The second-order valence-corrected chi connectivity index (χ2v) is 5.42. The standard InChI is InChI=1S/C12H14N2O2S2/c1-16-5-4-14(7-10-3-2-6-18-10)12(15)11-8-17-9-13-11/h2-3,6,8-9H,4-5,7H2,1H3. The monoisotopic (exact) mass is 282 g/mol. The molecule has 2 aromatic heterocycles. The smallest absolute Gasteiger partial charge is 0.273 e. The zero-order valence-electron chi connectivity index (χ0n) is 10.0. The van der Waals surface area contributed by atoms with Crippen LogP contribution in [0.15, 0.2) is 28.4 Å². The van der Waals surface area contributed by atoms with Crippen molar-refractivity contribution in [3.8, 4) is 0 Å². The first-order chi connectivity index (χ1) is 8.81. The molecule has 0 N–H and O–H groups in total. The molecule has 0 spiro atoms. The average Bonchev–Trinajstić information content (AvgIpc) is 3.06. The Kier molecular flexibility index (Phi) is 4.86. The van der Waals surface area contributed by atoms with E-state index in [1.165, 1.54) is 11.3 Å². The number of amides is 1. The molecule has 96 valence electrons. The molecule has 6 heteroatoms. The lowest BCUT2D eigenvalue weighted by atomic mass is 10.3. The van der Waals surface area contributed by atoms with E-state index in [-0.39, 0.29) is 5.91 Å². The summed E-state index contributed by atoms with van der Waals surface area (Å²) in [6.45, 7) is 1.71. The van der Waals surface area contributed by atoms with Gasteiger partial charge in [0, 0.05) is 23.9 Å². The molecule has 0 unspecified atom stereocenters. The lowest BCUT2D eigenvalue weighted by molar-refractivity contribution is 0.0677. The third-order valence-corrected chi connectivity index (χ3v) is 3.88. The normalized spacial score (nSPS) is 10.5. The maximum absolute atomic E-state index is 12.3. The minimum atomic E-state index is -0.0401. The molecule has 0 aliphatic heterocycles. The van der Waals surface area contributed by atoms with Gasteiger partial charge in [-0.1, -0.05) is 6.07 Å². The number of thiazole rings is 1. The number of aromatic nitrogens is 1. The van der Waals surface area contributed by atoms with Crippen LogP contribution in [-0.4, -0.2) is 36.1 Å². The van der Waals surface area contributed by atoms with Crippen molar-refractivity contribution in [3.63, 3.8) is 0 Å². The highest BCUT2D eigenvalue weighted by molar-refractivity contribution is 7.09. The van der Waals surface area contributed by atoms with E-state index < -0.39 is 0 Å². The molecule has 2 heterocycles. The summed E-state index contributed by atoms with van der Waals surface area (Å²) in [7, 11) is 1.64. The van der Waals surface area contributed by atoms with Crippen molar-refractivity contribution in [2.45, 2.75) is 6.54 Å². The van der Waals surface area contributed by atoms with Crippen LogP contribution >= 0.6 is 22.7 Å². The van der Waals surface area contributed by atoms with Crippen LogP contribution in [0.5, 0.6) is 0 Å². The number of hydrogen-bond donors (Lipinski definition) is 0. The van der Waals surface area contributed by atoms with Crippen molar-refractivity contribution in [2.24, 2.45) is 0 Å². The number of carbonyl (C=O) groups is 1. The Labute approximate surface area is 114 Å². The molecule has 0 radical (unpaired) electrons. The Morgan fingerprint density at radius 1 is 1.56 bits per heavy atom. The number of nitrogens with zero attached hydrogens (tertiary/aromatic N) is 2. The lowest BCUT2D eigenvalue weighted by Crippen LogP contribution is -2.33. The van der Waals surface area contributed by atoms with Gasteiger partial charge in [-0.2, -0.15) is 0 Å².